The van der Waals surface area contributed by atoms with Gasteiger partial charge in [0.25, 0.3) is 5.16 Å². The Labute approximate surface area is 156 Å². The van der Waals surface area contributed by atoms with Gasteiger partial charge in [0.2, 0.25) is 0 Å². The third-order valence-electron chi connectivity index (χ3n) is 4.78. The molecule has 1 heterocycles. The first-order valence-corrected chi connectivity index (χ1v) is 10.3. The molecule has 1 aromatic carbocycles. The number of sulfonamides is 1. The van der Waals surface area contributed by atoms with Crippen LogP contribution in [0.4, 0.5) is 10.5 Å². The normalized spacial score (nSPS) is 15.4. The van der Waals surface area contributed by atoms with E-state index in [1.807, 2.05) is 4.72 Å². The monoisotopic (exact) mass is 392 g/mol. The number of fused-ring (bicyclic) bond motifs is 2. The molecule has 1 aromatic heterocycles. The van der Waals surface area contributed by atoms with E-state index >= 15 is 0 Å². The molecule has 0 fully saturated rings. The quantitative estimate of drug-likeness (QED) is 0.782. The second kappa shape index (κ2) is 6.51. The number of urea groups is 1. The van der Waals surface area contributed by atoms with Crippen LogP contribution in [0.1, 0.15) is 35.1 Å². The number of hydrogen-bond acceptors (Lipinski definition) is 5. The molecule has 2 aromatic rings. The molecule has 0 unspecified atom stereocenters. The van der Waals surface area contributed by atoms with Crippen LogP contribution in [0.3, 0.4) is 0 Å². The van der Waals surface area contributed by atoms with Crippen molar-refractivity contribution in [2.75, 3.05) is 5.32 Å². The molecule has 0 saturated carbocycles. The maximum absolute atomic E-state index is 12.4. The number of aromatic nitrogens is 2. The first-order chi connectivity index (χ1) is 12.4. The first kappa shape index (κ1) is 17.2. The summed E-state index contributed by atoms with van der Waals surface area (Å²) >= 11 is 5.66. The fourth-order valence-electron chi connectivity index (χ4n) is 3.71. The second-order valence-corrected chi connectivity index (χ2v) is 8.49. The van der Waals surface area contributed by atoms with Gasteiger partial charge in [-0.15, -0.1) is 0 Å². The van der Waals surface area contributed by atoms with Crippen LogP contribution in [0.25, 0.3) is 0 Å². The molecule has 2 aliphatic rings. The predicted molar refractivity (Wildman–Crippen MR) is 96.9 cm³/mol. The van der Waals surface area contributed by atoms with E-state index in [1.54, 1.807) is 0 Å². The highest BCUT2D eigenvalue weighted by Crippen LogP contribution is 2.38. The van der Waals surface area contributed by atoms with Crippen LogP contribution in [0, 0.1) is 0 Å². The average Bonchev–Trinajstić information content (AvgIpc) is 3.23. The topological polar surface area (TPSA) is 101 Å². The maximum atomic E-state index is 12.4. The van der Waals surface area contributed by atoms with Gasteiger partial charge in [0.15, 0.2) is 0 Å². The van der Waals surface area contributed by atoms with E-state index in [1.165, 1.54) is 11.1 Å². The Morgan fingerprint density at radius 3 is 2.15 bits per heavy atom. The summed E-state index contributed by atoms with van der Waals surface area (Å²) < 4.78 is 26.5. The van der Waals surface area contributed by atoms with Crippen LogP contribution in [0.5, 0.6) is 0 Å². The summed E-state index contributed by atoms with van der Waals surface area (Å²) in [6.07, 6.45) is 8.20. The van der Waals surface area contributed by atoms with Crippen molar-refractivity contribution >= 4 is 33.3 Å². The van der Waals surface area contributed by atoms with Crippen LogP contribution in [0.15, 0.2) is 23.6 Å². The van der Waals surface area contributed by atoms with Gasteiger partial charge in [-0.1, -0.05) is 17.7 Å². The molecule has 2 aliphatic carbocycles. The Balaban J connectivity index is 1.59. The Morgan fingerprint density at radius 1 is 1.00 bits per heavy atom. The minimum Gasteiger partial charge on any atom is -0.307 e. The van der Waals surface area contributed by atoms with Crippen molar-refractivity contribution in [2.45, 2.75) is 43.7 Å². The van der Waals surface area contributed by atoms with E-state index in [2.05, 4.69) is 21.4 Å². The van der Waals surface area contributed by atoms with Gasteiger partial charge in [-0.2, -0.15) is 8.42 Å². The number of nitrogens with one attached hydrogen (secondary N) is 2. The summed E-state index contributed by atoms with van der Waals surface area (Å²) in [5.41, 5.74) is 5.54. The summed E-state index contributed by atoms with van der Waals surface area (Å²) in [6, 6.07) is 1.43. The van der Waals surface area contributed by atoms with Crippen molar-refractivity contribution < 1.29 is 13.2 Å². The lowest BCUT2D eigenvalue weighted by atomic mass is 9.99. The van der Waals surface area contributed by atoms with E-state index in [-0.39, 0.29) is 5.02 Å². The molecule has 26 heavy (non-hydrogen) atoms. The fourth-order valence-corrected chi connectivity index (χ4v) is 4.58. The van der Waals surface area contributed by atoms with Crippen LogP contribution >= 0.6 is 11.6 Å². The maximum Gasteiger partial charge on any atom is 0.333 e. The number of halogens is 1. The molecule has 0 radical (unpaired) electrons. The summed E-state index contributed by atoms with van der Waals surface area (Å²) in [5, 5.41) is 2.48. The number of benzene rings is 1. The molecule has 0 atom stereocenters. The highest BCUT2D eigenvalue weighted by molar-refractivity contribution is 7.89. The number of hydrogen-bond donors (Lipinski definition) is 2. The van der Waals surface area contributed by atoms with Gasteiger partial charge in [0.1, 0.15) is 0 Å². The molecule has 4 rings (SSSR count). The molecule has 136 valence electrons. The molecule has 2 amide bonds. The van der Waals surface area contributed by atoms with Gasteiger partial charge in [-0.3, -0.25) is 0 Å². The van der Waals surface area contributed by atoms with E-state index in [0.717, 1.165) is 67.7 Å². The number of nitrogens with zero attached hydrogens (tertiary/aromatic N) is 2. The Hall–Kier alpha value is -2.19. The SMILES string of the molecule is O=C(Nc1c2c(cc3c1CCC3)CCC2)NS(=O)(=O)c1ncc(Cl)cn1. The largest absolute Gasteiger partial charge is 0.333 e. The summed E-state index contributed by atoms with van der Waals surface area (Å²) in [7, 11) is -4.17. The molecular weight excluding hydrogens is 376 g/mol. The van der Waals surface area contributed by atoms with Crippen molar-refractivity contribution in [1.82, 2.24) is 14.7 Å². The highest BCUT2D eigenvalue weighted by Gasteiger charge is 2.27. The lowest BCUT2D eigenvalue weighted by molar-refractivity contribution is 0.256. The molecule has 0 bridgehead atoms. The van der Waals surface area contributed by atoms with Crippen molar-refractivity contribution in [2.24, 2.45) is 0 Å². The Bertz CT molecular complexity index is 958. The molecule has 0 saturated heterocycles. The molecule has 0 aliphatic heterocycles. The van der Waals surface area contributed by atoms with Crippen molar-refractivity contribution in [1.29, 1.82) is 0 Å². The number of anilines is 1. The lowest BCUT2D eigenvalue weighted by Crippen LogP contribution is -2.35. The zero-order valence-corrected chi connectivity index (χ0v) is 15.5. The molecule has 2 N–H and O–H groups in total. The number of rotatable bonds is 3. The minimum absolute atomic E-state index is 0.212. The molecule has 7 nitrogen and oxygen atoms in total. The molecule has 9 heteroatoms. The van der Waals surface area contributed by atoms with Crippen LogP contribution in [0.2, 0.25) is 5.02 Å². The zero-order chi connectivity index (χ0) is 18.3. The summed E-state index contributed by atoms with van der Waals surface area (Å²) in [4.78, 5) is 19.7. The Kier molecular flexibility index (Phi) is 4.32. The minimum atomic E-state index is -4.17. The molecule has 0 spiro atoms. The van der Waals surface area contributed by atoms with Crippen molar-refractivity contribution in [3.05, 3.63) is 45.7 Å². The van der Waals surface area contributed by atoms with E-state index < -0.39 is 21.2 Å². The van der Waals surface area contributed by atoms with Crippen molar-refractivity contribution in [3.63, 3.8) is 0 Å². The predicted octanol–water partition coefficient (Wildman–Crippen LogP) is 2.62. The fraction of sp³-hybridized carbons (Fsp3) is 0.353. The van der Waals surface area contributed by atoms with Crippen LogP contribution < -0.4 is 10.0 Å². The van der Waals surface area contributed by atoms with Crippen LogP contribution in [-0.4, -0.2) is 24.4 Å². The summed E-state index contributed by atoms with van der Waals surface area (Å²) in [5.74, 6) is 0. The van der Waals surface area contributed by atoms with Crippen molar-refractivity contribution in [3.8, 4) is 0 Å². The second-order valence-electron chi connectivity index (χ2n) is 6.48. The lowest BCUT2D eigenvalue weighted by Gasteiger charge is -2.16. The third kappa shape index (κ3) is 3.14. The van der Waals surface area contributed by atoms with Gasteiger partial charge in [-0.05, 0) is 60.8 Å². The average molecular weight is 393 g/mol. The van der Waals surface area contributed by atoms with Gasteiger partial charge in [0.05, 0.1) is 17.4 Å². The van der Waals surface area contributed by atoms with Gasteiger partial charge < -0.3 is 5.32 Å². The van der Waals surface area contributed by atoms with E-state index in [0.29, 0.717) is 0 Å². The zero-order valence-electron chi connectivity index (χ0n) is 13.9. The van der Waals surface area contributed by atoms with E-state index in [9.17, 15) is 13.2 Å². The number of aryl methyl sites for hydroxylation is 2. The van der Waals surface area contributed by atoms with Gasteiger partial charge in [0, 0.05) is 5.69 Å². The Morgan fingerprint density at radius 2 is 1.58 bits per heavy atom. The molecular formula is C17H17ClN4O3S. The third-order valence-corrected chi connectivity index (χ3v) is 6.12. The standard InChI is InChI=1S/C17H17ClN4O3S/c18-12-8-19-17(20-9-12)26(24,25)22-16(23)21-15-13-5-1-3-10(13)7-11-4-2-6-14(11)15/h7-9H,1-6H2,(H2,21,22,23). The number of carbonyl (C=O) groups excluding carboxylic acids is 1. The van der Waals surface area contributed by atoms with E-state index in [4.69, 9.17) is 11.6 Å². The number of carbonyl (C=O) groups is 1. The van der Waals surface area contributed by atoms with Crippen LogP contribution in [-0.2, 0) is 35.7 Å². The van der Waals surface area contributed by atoms with Gasteiger partial charge in [-0.25, -0.2) is 19.5 Å². The summed E-state index contributed by atoms with van der Waals surface area (Å²) in [6.45, 7) is 0. The smallest absolute Gasteiger partial charge is 0.307 e. The first-order valence-electron chi connectivity index (χ1n) is 8.42. The van der Waals surface area contributed by atoms with Gasteiger partial charge >= 0.3 is 16.1 Å². The highest BCUT2D eigenvalue weighted by atomic mass is 35.5. The number of amides is 2.